The van der Waals surface area contributed by atoms with E-state index in [9.17, 15) is 4.79 Å². The summed E-state index contributed by atoms with van der Waals surface area (Å²) in [7, 11) is 1.73. The van der Waals surface area contributed by atoms with E-state index in [2.05, 4.69) is 15.8 Å². The molecule has 0 radical (unpaired) electrons. The molecule has 5 nitrogen and oxygen atoms in total. The van der Waals surface area contributed by atoms with E-state index in [0.717, 1.165) is 17.0 Å². The van der Waals surface area contributed by atoms with Crippen LogP contribution in [0.5, 0.6) is 0 Å². The summed E-state index contributed by atoms with van der Waals surface area (Å²) in [5, 5.41) is 9.34. The minimum atomic E-state index is -0.0347. The van der Waals surface area contributed by atoms with Gasteiger partial charge in [0.05, 0.1) is 12.2 Å². The molecular formula is C9H15N3O2. The molecule has 0 bridgehead atoms. The third-order valence-corrected chi connectivity index (χ3v) is 1.98. The smallest absolute Gasteiger partial charge is 0.234 e. The topological polar surface area (TPSA) is 67.2 Å². The first-order chi connectivity index (χ1) is 6.65. The van der Waals surface area contributed by atoms with Crippen LogP contribution in [-0.2, 0) is 11.3 Å². The largest absolute Gasteiger partial charge is 0.361 e. The Bertz CT molecular complexity index is 300. The fraction of sp³-hybridized carbons (Fsp3) is 0.556. The van der Waals surface area contributed by atoms with Crippen LogP contribution in [0.4, 0.5) is 0 Å². The summed E-state index contributed by atoms with van der Waals surface area (Å²) in [6, 6.07) is 0. The molecular weight excluding hydrogens is 182 g/mol. The van der Waals surface area contributed by atoms with Gasteiger partial charge in [0.2, 0.25) is 5.91 Å². The van der Waals surface area contributed by atoms with Gasteiger partial charge in [-0.3, -0.25) is 4.79 Å². The molecule has 0 aliphatic rings. The van der Waals surface area contributed by atoms with Crippen molar-refractivity contribution in [2.75, 3.05) is 13.6 Å². The first kappa shape index (κ1) is 10.7. The highest BCUT2D eigenvalue weighted by atomic mass is 16.5. The zero-order chi connectivity index (χ0) is 10.6. The summed E-state index contributed by atoms with van der Waals surface area (Å²) in [4.78, 5) is 11.1. The second-order valence-corrected chi connectivity index (χ2v) is 3.11. The molecule has 0 fully saturated rings. The van der Waals surface area contributed by atoms with E-state index in [4.69, 9.17) is 4.52 Å². The number of amides is 1. The van der Waals surface area contributed by atoms with Gasteiger partial charge in [-0.2, -0.15) is 0 Å². The molecule has 0 aliphatic heterocycles. The minimum absolute atomic E-state index is 0.0347. The third kappa shape index (κ3) is 2.56. The second-order valence-electron chi connectivity index (χ2n) is 3.11. The van der Waals surface area contributed by atoms with Crippen LogP contribution in [-0.4, -0.2) is 24.7 Å². The van der Waals surface area contributed by atoms with Crippen LogP contribution in [0.2, 0.25) is 0 Å². The summed E-state index contributed by atoms with van der Waals surface area (Å²) in [6.07, 6.45) is 0. The highest BCUT2D eigenvalue weighted by molar-refractivity contribution is 5.77. The Balaban J connectivity index is 2.49. The lowest BCUT2D eigenvalue weighted by Gasteiger charge is -2.03. The molecule has 1 amide bonds. The fourth-order valence-electron chi connectivity index (χ4n) is 1.16. The standard InChI is InChI=1S/C9H15N3O2/c1-6-8(7(2)14-12-6)4-11-9(13)5-10-3/h10H,4-5H2,1-3H3,(H,11,13). The molecule has 0 aliphatic carbocycles. The van der Waals surface area contributed by atoms with Gasteiger partial charge < -0.3 is 15.2 Å². The third-order valence-electron chi connectivity index (χ3n) is 1.98. The van der Waals surface area contributed by atoms with E-state index in [0.29, 0.717) is 13.1 Å². The number of carbonyl (C=O) groups excluding carboxylic acids is 1. The molecule has 1 rings (SSSR count). The molecule has 0 spiro atoms. The van der Waals surface area contributed by atoms with Gasteiger partial charge in [-0.05, 0) is 20.9 Å². The molecule has 78 valence electrons. The van der Waals surface area contributed by atoms with Crippen LogP contribution < -0.4 is 10.6 Å². The Hall–Kier alpha value is -1.36. The number of hydrogen-bond acceptors (Lipinski definition) is 4. The highest BCUT2D eigenvalue weighted by Gasteiger charge is 2.09. The van der Waals surface area contributed by atoms with Crippen molar-refractivity contribution in [1.82, 2.24) is 15.8 Å². The average molecular weight is 197 g/mol. The van der Waals surface area contributed by atoms with E-state index < -0.39 is 0 Å². The number of rotatable bonds is 4. The first-order valence-corrected chi connectivity index (χ1v) is 4.48. The summed E-state index contributed by atoms with van der Waals surface area (Å²) in [6.45, 7) is 4.49. The van der Waals surface area contributed by atoms with Gasteiger partial charge >= 0.3 is 0 Å². The van der Waals surface area contributed by atoms with Crippen molar-refractivity contribution in [3.8, 4) is 0 Å². The van der Waals surface area contributed by atoms with Gasteiger partial charge in [0, 0.05) is 12.1 Å². The molecule has 5 heteroatoms. The number of hydrogen-bond donors (Lipinski definition) is 2. The fourth-order valence-corrected chi connectivity index (χ4v) is 1.16. The van der Waals surface area contributed by atoms with Crippen LogP contribution >= 0.6 is 0 Å². The maximum Gasteiger partial charge on any atom is 0.234 e. The lowest BCUT2D eigenvalue weighted by atomic mass is 10.2. The monoisotopic (exact) mass is 197 g/mol. The van der Waals surface area contributed by atoms with Gasteiger partial charge in [0.1, 0.15) is 5.76 Å². The summed E-state index contributed by atoms with van der Waals surface area (Å²) < 4.78 is 4.97. The molecule has 1 heterocycles. The first-order valence-electron chi connectivity index (χ1n) is 4.48. The lowest BCUT2D eigenvalue weighted by Crippen LogP contribution is -2.31. The molecule has 2 N–H and O–H groups in total. The average Bonchev–Trinajstić information content (AvgIpc) is 2.44. The van der Waals surface area contributed by atoms with Crippen molar-refractivity contribution in [1.29, 1.82) is 0 Å². The van der Waals surface area contributed by atoms with Crippen LogP contribution in [0.15, 0.2) is 4.52 Å². The number of likely N-dealkylation sites (N-methyl/N-ethyl adjacent to an activating group) is 1. The predicted octanol–water partition coefficient (Wildman–Crippen LogP) is 0.127. The molecule has 0 unspecified atom stereocenters. The Morgan fingerprint density at radius 2 is 2.21 bits per heavy atom. The predicted molar refractivity (Wildman–Crippen MR) is 51.8 cm³/mol. The molecule has 0 saturated heterocycles. The van der Waals surface area contributed by atoms with Crippen LogP contribution in [0.25, 0.3) is 0 Å². The number of nitrogens with one attached hydrogen (secondary N) is 2. The van der Waals surface area contributed by atoms with Crippen molar-refractivity contribution < 1.29 is 9.32 Å². The zero-order valence-electron chi connectivity index (χ0n) is 8.68. The van der Waals surface area contributed by atoms with Gasteiger partial charge in [-0.15, -0.1) is 0 Å². The molecule has 0 aromatic carbocycles. The van der Waals surface area contributed by atoms with Gasteiger partial charge in [-0.25, -0.2) is 0 Å². The lowest BCUT2D eigenvalue weighted by molar-refractivity contribution is -0.120. The zero-order valence-corrected chi connectivity index (χ0v) is 8.68. The SMILES string of the molecule is CNCC(=O)NCc1c(C)noc1C. The molecule has 0 saturated carbocycles. The van der Waals surface area contributed by atoms with Crippen molar-refractivity contribution >= 4 is 5.91 Å². The van der Waals surface area contributed by atoms with E-state index in [1.54, 1.807) is 7.05 Å². The van der Waals surface area contributed by atoms with Crippen molar-refractivity contribution in [2.24, 2.45) is 0 Å². The van der Waals surface area contributed by atoms with Crippen LogP contribution in [0.3, 0.4) is 0 Å². The van der Waals surface area contributed by atoms with Crippen molar-refractivity contribution in [3.05, 3.63) is 17.0 Å². The van der Waals surface area contributed by atoms with Crippen LogP contribution in [0.1, 0.15) is 17.0 Å². The Morgan fingerprint density at radius 1 is 1.50 bits per heavy atom. The van der Waals surface area contributed by atoms with Crippen molar-refractivity contribution in [3.63, 3.8) is 0 Å². The van der Waals surface area contributed by atoms with E-state index in [1.807, 2.05) is 13.8 Å². The second kappa shape index (κ2) is 4.76. The number of aryl methyl sites for hydroxylation is 2. The normalized spacial score (nSPS) is 10.2. The Kier molecular flexibility index (Phi) is 3.64. The van der Waals surface area contributed by atoms with Crippen LogP contribution in [0, 0.1) is 13.8 Å². The van der Waals surface area contributed by atoms with Crippen molar-refractivity contribution in [2.45, 2.75) is 20.4 Å². The summed E-state index contributed by atoms with van der Waals surface area (Å²) in [5.41, 5.74) is 1.78. The summed E-state index contributed by atoms with van der Waals surface area (Å²) in [5.74, 6) is 0.722. The maximum atomic E-state index is 11.1. The van der Waals surface area contributed by atoms with Gasteiger partial charge in [0.25, 0.3) is 0 Å². The minimum Gasteiger partial charge on any atom is -0.361 e. The molecule has 1 aromatic rings. The quantitative estimate of drug-likeness (QED) is 0.719. The number of carbonyl (C=O) groups is 1. The van der Waals surface area contributed by atoms with Gasteiger partial charge in [0.15, 0.2) is 0 Å². The van der Waals surface area contributed by atoms with E-state index in [1.165, 1.54) is 0 Å². The molecule has 0 atom stereocenters. The Morgan fingerprint density at radius 3 is 2.71 bits per heavy atom. The maximum absolute atomic E-state index is 11.1. The Labute approximate surface area is 82.8 Å². The van der Waals surface area contributed by atoms with E-state index >= 15 is 0 Å². The number of nitrogens with zero attached hydrogens (tertiary/aromatic N) is 1. The highest BCUT2D eigenvalue weighted by Crippen LogP contribution is 2.10. The number of aromatic nitrogens is 1. The molecule has 1 aromatic heterocycles. The molecule has 14 heavy (non-hydrogen) atoms. The summed E-state index contributed by atoms with van der Waals surface area (Å²) >= 11 is 0. The van der Waals surface area contributed by atoms with E-state index in [-0.39, 0.29) is 5.91 Å². The van der Waals surface area contributed by atoms with Gasteiger partial charge in [-0.1, -0.05) is 5.16 Å².